The summed E-state index contributed by atoms with van der Waals surface area (Å²) in [7, 11) is 1.44. The lowest BCUT2D eigenvalue weighted by Gasteiger charge is -1.99. The van der Waals surface area contributed by atoms with Gasteiger partial charge in [0.15, 0.2) is 0 Å². The SMILES string of the molecule is COC(=O)CCCCCCCI. The molecular formula is C9H17IO2. The van der Waals surface area contributed by atoms with Gasteiger partial charge in [0.1, 0.15) is 0 Å². The van der Waals surface area contributed by atoms with Gasteiger partial charge in [0.05, 0.1) is 7.11 Å². The predicted molar refractivity (Wildman–Crippen MR) is 58.6 cm³/mol. The Labute approximate surface area is 88.2 Å². The first-order valence-corrected chi connectivity index (χ1v) is 5.96. The van der Waals surface area contributed by atoms with E-state index >= 15 is 0 Å². The fourth-order valence-electron chi connectivity index (χ4n) is 0.996. The second kappa shape index (κ2) is 9.29. The van der Waals surface area contributed by atoms with Crippen LogP contribution in [0.5, 0.6) is 0 Å². The molecule has 0 rings (SSSR count). The molecule has 0 aliphatic rings. The van der Waals surface area contributed by atoms with Gasteiger partial charge in [-0.25, -0.2) is 0 Å². The monoisotopic (exact) mass is 284 g/mol. The van der Waals surface area contributed by atoms with Crippen molar-refractivity contribution in [2.75, 3.05) is 11.5 Å². The topological polar surface area (TPSA) is 26.3 Å². The van der Waals surface area contributed by atoms with Crippen molar-refractivity contribution in [1.29, 1.82) is 0 Å². The molecule has 72 valence electrons. The van der Waals surface area contributed by atoms with Gasteiger partial charge in [-0.15, -0.1) is 0 Å². The number of esters is 1. The molecular weight excluding hydrogens is 267 g/mol. The Kier molecular flexibility index (Phi) is 9.44. The Balaban J connectivity index is 2.95. The number of carbonyl (C=O) groups is 1. The minimum absolute atomic E-state index is 0.0797. The molecule has 0 atom stereocenters. The minimum atomic E-state index is -0.0797. The summed E-state index contributed by atoms with van der Waals surface area (Å²) in [5, 5.41) is 0. The highest BCUT2D eigenvalue weighted by atomic mass is 127. The fourth-order valence-corrected chi connectivity index (χ4v) is 1.54. The third kappa shape index (κ3) is 8.30. The van der Waals surface area contributed by atoms with Crippen molar-refractivity contribution in [3.05, 3.63) is 0 Å². The van der Waals surface area contributed by atoms with Gasteiger partial charge in [-0.05, 0) is 17.3 Å². The Hall–Kier alpha value is 0.200. The summed E-state index contributed by atoms with van der Waals surface area (Å²) >= 11 is 2.39. The highest BCUT2D eigenvalue weighted by molar-refractivity contribution is 14.1. The van der Waals surface area contributed by atoms with Crippen LogP contribution >= 0.6 is 22.6 Å². The van der Waals surface area contributed by atoms with Crippen LogP contribution in [0.4, 0.5) is 0 Å². The molecule has 0 unspecified atom stereocenters. The van der Waals surface area contributed by atoms with Crippen LogP contribution in [0.15, 0.2) is 0 Å². The van der Waals surface area contributed by atoms with Crippen LogP contribution in [0, 0.1) is 0 Å². The molecule has 3 heteroatoms. The van der Waals surface area contributed by atoms with E-state index in [4.69, 9.17) is 0 Å². The molecule has 0 saturated heterocycles. The van der Waals surface area contributed by atoms with Crippen LogP contribution in [0.25, 0.3) is 0 Å². The lowest BCUT2D eigenvalue weighted by molar-refractivity contribution is -0.140. The molecule has 0 saturated carbocycles. The largest absolute Gasteiger partial charge is 0.469 e. The van der Waals surface area contributed by atoms with Crippen molar-refractivity contribution in [2.24, 2.45) is 0 Å². The number of rotatable bonds is 7. The summed E-state index contributed by atoms with van der Waals surface area (Å²) in [4.78, 5) is 10.7. The molecule has 0 fully saturated rings. The van der Waals surface area contributed by atoms with Crippen LogP contribution in [0.1, 0.15) is 38.5 Å². The number of hydrogen-bond acceptors (Lipinski definition) is 2. The molecule has 0 bridgehead atoms. The average Bonchev–Trinajstić information content (AvgIpc) is 2.10. The van der Waals surface area contributed by atoms with Crippen molar-refractivity contribution < 1.29 is 9.53 Å². The first-order chi connectivity index (χ1) is 5.81. The lowest BCUT2D eigenvalue weighted by Crippen LogP contribution is -1.99. The van der Waals surface area contributed by atoms with E-state index in [-0.39, 0.29) is 5.97 Å². The number of ether oxygens (including phenoxy) is 1. The molecule has 2 nitrogen and oxygen atoms in total. The lowest BCUT2D eigenvalue weighted by atomic mass is 10.1. The van der Waals surface area contributed by atoms with Crippen LogP contribution in [0.3, 0.4) is 0 Å². The molecule has 0 aromatic carbocycles. The van der Waals surface area contributed by atoms with E-state index in [0.29, 0.717) is 6.42 Å². The molecule has 0 aliphatic carbocycles. The molecule has 0 amide bonds. The standard InChI is InChI=1S/C9H17IO2/c1-12-9(11)7-5-3-2-4-6-8-10/h2-8H2,1H3. The van der Waals surface area contributed by atoms with Gasteiger partial charge in [0, 0.05) is 6.42 Å². The molecule has 0 aliphatic heterocycles. The van der Waals surface area contributed by atoms with Gasteiger partial charge in [0.2, 0.25) is 0 Å². The van der Waals surface area contributed by atoms with E-state index in [1.54, 1.807) is 0 Å². The zero-order valence-corrected chi connectivity index (χ0v) is 9.80. The number of alkyl halides is 1. The summed E-state index contributed by atoms with van der Waals surface area (Å²) in [6.07, 6.45) is 6.57. The van der Waals surface area contributed by atoms with E-state index in [1.165, 1.54) is 30.8 Å². The van der Waals surface area contributed by atoms with E-state index in [0.717, 1.165) is 12.8 Å². The molecule has 0 heterocycles. The summed E-state index contributed by atoms with van der Waals surface area (Å²) in [6.45, 7) is 0. The van der Waals surface area contributed by atoms with Gasteiger partial charge < -0.3 is 4.74 Å². The van der Waals surface area contributed by atoms with Gasteiger partial charge in [-0.1, -0.05) is 41.9 Å². The summed E-state index contributed by atoms with van der Waals surface area (Å²) in [5.41, 5.74) is 0. The molecule has 0 aromatic rings. The summed E-state index contributed by atoms with van der Waals surface area (Å²) in [6, 6.07) is 0. The van der Waals surface area contributed by atoms with Crippen LogP contribution in [0.2, 0.25) is 0 Å². The second-order valence-electron chi connectivity index (χ2n) is 2.78. The Morgan fingerprint density at radius 3 is 2.33 bits per heavy atom. The number of methoxy groups -OCH3 is 1. The van der Waals surface area contributed by atoms with Crippen LogP contribution in [-0.2, 0) is 9.53 Å². The minimum Gasteiger partial charge on any atom is -0.469 e. The molecule has 0 aromatic heterocycles. The third-order valence-corrected chi connectivity index (χ3v) is 2.50. The summed E-state index contributed by atoms with van der Waals surface area (Å²) < 4.78 is 5.78. The maximum Gasteiger partial charge on any atom is 0.305 e. The number of carbonyl (C=O) groups excluding carboxylic acids is 1. The predicted octanol–water partition coefficient (Wildman–Crippen LogP) is 2.94. The third-order valence-electron chi connectivity index (χ3n) is 1.74. The zero-order chi connectivity index (χ0) is 9.23. The van der Waals surface area contributed by atoms with Crippen molar-refractivity contribution in [3.63, 3.8) is 0 Å². The average molecular weight is 284 g/mol. The maximum atomic E-state index is 10.7. The second-order valence-corrected chi connectivity index (χ2v) is 3.86. The van der Waals surface area contributed by atoms with Gasteiger partial charge in [0.25, 0.3) is 0 Å². The smallest absolute Gasteiger partial charge is 0.305 e. The van der Waals surface area contributed by atoms with Crippen molar-refractivity contribution in [1.82, 2.24) is 0 Å². The number of hydrogen-bond donors (Lipinski definition) is 0. The first kappa shape index (κ1) is 12.2. The Morgan fingerprint density at radius 1 is 1.17 bits per heavy atom. The van der Waals surface area contributed by atoms with Gasteiger partial charge >= 0.3 is 5.97 Å². The highest BCUT2D eigenvalue weighted by Crippen LogP contribution is 2.06. The Bertz CT molecular complexity index is 115. The maximum absolute atomic E-state index is 10.7. The van der Waals surface area contributed by atoms with E-state index < -0.39 is 0 Å². The Morgan fingerprint density at radius 2 is 1.75 bits per heavy atom. The molecule has 12 heavy (non-hydrogen) atoms. The van der Waals surface area contributed by atoms with Gasteiger partial charge in [-0.2, -0.15) is 0 Å². The highest BCUT2D eigenvalue weighted by Gasteiger charge is 1.98. The number of unbranched alkanes of at least 4 members (excludes halogenated alkanes) is 4. The fraction of sp³-hybridized carbons (Fsp3) is 0.889. The van der Waals surface area contributed by atoms with Crippen LogP contribution < -0.4 is 0 Å². The van der Waals surface area contributed by atoms with Gasteiger partial charge in [-0.3, -0.25) is 4.79 Å². The molecule has 0 spiro atoms. The quantitative estimate of drug-likeness (QED) is 0.311. The van der Waals surface area contributed by atoms with E-state index in [2.05, 4.69) is 27.3 Å². The van der Waals surface area contributed by atoms with E-state index in [1.807, 2.05) is 0 Å². The van der Waals surface area contributed by atoms with Crippen molar-refractivity contribution in [3.8, 4) is 0 Å². The normalized spacial score (nSPS) is 9.83. The van der Waals surface area contributed by atoms with Crippen molar-refractivity contribution >= 4 is 28.6 Å². The van der Waals surface area contributed by atoms with E-state index in [9.17, 15) is 4.79 Å². The van der Waals surface area contributed by atoms with Crippen molar-refractivity contribution in [2.45, 2.75) is 38.5 Å². The molecule has 0 N–H and O–H groups in total. The summed E-state index contributed by atoms with van der Waals surface area (Å²) in [5.74, 6) is -0.0797. The first-order valence-electron chi connectivity index (χ1n) is 4.44. The molecule has 0 radical (unpaired) electrons. The van der Waals surface area contributed by atoms with Crippen LogP contribution in [-0.4, -0.2) is 17.5 Å². The zero-order valence-electron chi connectivity index (χ0n) is 7.64. The number of halogens is 1.